The summed E-state index contributed by atoms with van der Waals surface area (Å²) < 4.78 is 27.9. The molecule has 210 valence electrons. The van der Waals surface area contributed by atoms with Crippen molar-refractivity contribution < 1.29 is 23.2 Å². The zero-order chi connectivity index (χ0) is 28.4. The molecule has 0 aromatic carbocycles. The monoisotopic (exact) mass is 570 g/mol. The van der Waals surface area contributed by atoms with Crippen molar-refractivity contribution in [1.82, 2.24) is 25.4 Å². The number of aromatic amines is 1. The molecule has 40 heavy (non-hydrogen) atoms. The average Bonchev–Trinajstić information content (AvgIpc) is 3.59. The van der Waals surface area contributed by atoms with E-state index in [4.69, 9.17) is 11.6 Å². The van der Waals surface area contributed by atoms with Crippen LogP contribution in [0.1, 0.15) is 72.8 Å². The minimum absolute atomic E-state index is 0.0780. The van der Waals surface area contributed by atoms with Gasteiger partial charge in [0.2, 0.25) is 5.91 Å². The highest BCUT2D eigenvalue weighted by Gasteiger charge is 2.53. The van der Waals surface area contributed by atoms with Gasteiger partial charge in [0, 0.05) is 54.6 Å². The van der Waals surface area contributed by atoms with E-state index in [1.165, 1.54) is 31.3 Å². The van der Waals surface area contributed by atoms with Crippen molar-refractivity contribution >= 4 is 35.4 Å². The van der Waals surface area contributed by atoms with Crippen LogP contribution >= 0.6 is 11.6 Å². The minimum atomic E-state index is -0.649. The zero-order valence-corrected chi connectivity index (χ0v) is 22.7. The molecule has 2 aliphatic heterocycles. The number of likely N-dealkylation sites (tertiary alicyclic amines) is 1. The average molecular weight is 571 g/mol. The van der Waals surface area contributed by atoms with Crippen molar-refractivity contribution in [3.63, 3.8) is 0 Å². The number of aromatic nitrogens is 3. The molecule has 2 fully saturated rings. The van der Waals surface area contributed by atoms with Crippen LogP contribution in [0.2, 0.25) is 0 Å². The number of allylic oxidation sites excluding steroid dienone is 3. The first kappa shape index (κ1) is 27.8. The number of hydrogen-bond acceptors (Lipinski definition) is 6. The molecule has 2 aromatic heterocycles. The molecule has 3 aliphatic rings. The van der Waals surface area contributed by atoms with Gasteiger partial charge in [-0.3, -0.25) is 29.5 Å². The molecule has 2 aromatic rings. The normalized spacial score (nSPS) is 23.6. The van der Waals surface area contributed by atoms with Gasteiger partial charge in [-0.05, 0) is 50.3 Å². The molecule has 0 radical (unpaired) electrons. The number of aliphatic imine (C=N–C) groups is 1. The Bertz CT molecular complexity index is 1450. The fraction of sp³-hybridized carbons (Fsp3) is 0.429. The van der Waals surface area contributed by atoms with Crippen LogP contribution in [0.3, 0.4) is 0 Å². The lowest BCUT2D eigenvalue weighted by Gasteiger charge is -2.30. The summed E-state index contributed by atoms with van der Waals surface area (Å²) in [5.74, 6) is -1.94. The number of nitrogens with zero attached hydrogens (tertiary/aromatic N) is 4. The second kappa shape index (κ2) is 11.4. The maximum Gasteiger partial charge on any atom is 0.272 e. The van der Waals surface area contributed by atoms with E-state index in [1.54, 1.807) is 4.90 Å². The van der Waals surface area contributed by atoms with Gasteiger partial charge in [-0.2, -0.15) is 5.10 Å². The number of halogens is 3. The van der Waals surface area contributed by atoms with E-state index in [1.807, 2.05) is 0 Å². The first-order chi connectivity index (χ1) is 19.2. The molecule has 5 rings (SSSR count). The van der Waals surface area contributed by atoms with Crippen molar-refractivity contribution in [1.29, 1.82) is 0 Å². The van der Waals surface area contributed by atoms with Crippen LogP contribution < -0.4 is 5.32 Å². The predicted octanol–water partition coefficient (Wildman–Crippen LogP) is 4.87. The number of H-pyrrole nitrogens is 1. The molecule has 1 spiro atoms. The Kier molecular flexibility index (Phi) is 7.93. The van der Waals surface area contributed by atoms with Gasteiger partial charge in [-0.1, -0.05) is 11.6 Å². The highest BCUT2D eigenvalue weighted by molar-refractivity contribution is 6.30. The van der Waals surface area contributed by atoms with Crippen LogP contribution in [0.25, 0.3) is 11.3 Å². The van der Waals surface area contributed by atoms with Crippen LogP contribution in [0, 0.1) is 11.7 Å². The third-order valence-corrected chi connectivity index (χ3v) is 8.03. The highest BCUT2D eigenvalue weighted by atomic mass is 35.5. The molecule has 1 unspecified atom stereocenters. The van der Waals surface area contributed by atoms with Crippen molar-refractivity contribution in [2.75, 3.05) is 13.1 Å². The molecule has 0 bridgehead atoms. The van der Waals surface area contributed by atoms with Gasteiger partial charge in [0.1, 0.15) is 17.2 Å². The topological polar surface area (TPSA) is 120 Å². The standard InChI is InChI=1S/C28H29ClF2N6O3/c1-16(38)22-11-19(21(31)14-33-22)23-12-24(36-35-23)27(40)37-10-2-3-17(13-28(37)7-8-28)26(39)34-15-25-20(29)5-4-18(30)6-9-32-25/h4,9,11-12,14,17H,2-3,5-8,10,13,15H2,1H3,(H,34,39)(H,35,36)/b18-4+,25-20+,32-9?. The van der Waals surface area contributed by atoms with E-state index in [0.717, 1.165) is 19.0 Å². The molecule has 12 heteroatoms. The van der Waals surface area contributed by atoms with Gasteiger partial charge in [0.05, 0.1) is 24.1 Å². The Morgan fingerprint density at radius 1 is 1.23 bits per heavy atom. The molecular formula is C28H29ClF2N6O3. The number of rotatable bonds is 6. The largest absolute Gasteiger partial charge is 0.350 e. The summed E-state index contributed by atoms with van der Waals surface area (Å²) in [5.41, 5.74) is 0.662. The van der Waals surface area contributed by atoms with Gasteiger partial charge in [0.25, 0.3) is 5.91 Å². The maximum atomic E-state index is 14.4. The van der Waals surface area contributed by atoms with E-state index >= 15 is 0 Å². The molecule has 1 saturated heterocycles. The molecule has 1 atom stereocenters. The van der Waals surface area contributed by atoms with Gasteiger partial charge in [0.15, 0.2) is 11.6 Å². The number of carbonyl (C=O) groups is 3. The number of nitrogens with one attached hydrogen (secondary N) is 2. The molecule has 1 saturated carbocycles. The Labute approximate surface area is 234 Å². The van der Waals surface area contributed by atoms with E-state index in [2.05, 4.69) is 25.5 Å². The van der Waals surface area contributed by atoms with Gasteiger partial charge in [-0.15, -0.1) is 0 Å². The number of pyridine rings is 1. The summed E-state index contributed by atoms with van der Waals surface area (Å²) in [4.78, 5) is 48.2. The Morgan fingerprint density at radius 2 is 2.02 bits per heavy atom. The van der Waals surface area contributed by atoms with E-state index < -0.39 is 11.4 Å². The fourth-order valence-electron chi connectivity index (χ4n) is 5.28. The van der Waals surface area contributed by atoms with Crippen LogP contribution in [0.5, 0.6) is 0 Å². The first-order valence-corrected chi connectivity index (χ1v) is 13.6. The van der Waals surface area contributed by atoms with Crippen LogP contribution in [-0.4, -0.2) is 62.5 Å². The molecule has 2 N–H and O–H groups in total. The third kappa shape index (κ3) is 5.89. The van der Waals surface area contributed by atoms with Crippen LogP contribution in [-0.2, 0) is 4.79 Å². The predicted molar refractivity (Wildman–Crippen MR) is 145 cm³/mol. The summed E-state index contributed by atoms with van der Waals surface area (Å²) in [6, 6.07) is 2.80. The quantitative estimate of drug-likeness (QED) is 0.480. The molecule has 4 heterocycles. The lowest BCUT2D eigenvalue weighted by Crippen LogP contribution is -2.43. The van der Waals surface area contributed by atoms with E-state index in [9.17, 15) is 23.2 Å². The number of ketones is 1. The lowest BCUT2D eigenvalue weighted by molar-refractivity contribution is -0.125. The number of Topliss-reactive ketones (excluding diaryl/α,β-unsaturated/α-hetero) is 1. The summed E-state index contributed by atoms with van der Waals surface area (Å²) in [7, 11) is 0. The molecular weight excluding hydrogens is 542 g/mol. The van der Waals surface area contributed by atoms with Crippen molar-refractivity contribution in [2.45, 2.75) is 57.4 Å². The summed E-state index contributed by atoms with van der Waals surface area (Å²) in [5, 5.41) is 10.1. The number of carbonyl (C=O) groups excluding carboxylic acids is 3. The zero-order valence-electron chi connectivity index (χ0n) is 22.0. The smallest absolute Gasteiger partial charge is 0.272 e. The molecule has 2 amide bonds. The van der Waals surface area contributed by atoms with Crippen molar-refractivity contribution in [3.8, 4) is 11.3 Å². The summed E-state index contributed by atoms with van der Waals surface area (Å²) in [6.45, 7) is 1.96. The molecule has 9 nitrogen and oxygen atoms in total. The van der Waals surface area contributed by atoms with Gasteiger partial charge < -0.3 is 10.2 Å². The van der Waals surface area contributed by atoms with Gasteiger partial charge in [-0.25, -0.2) is 8.78 Å². The van der Waals surface area contributed by atoms with Crippen LogP contribution in [0.15, 0.2) is 46.0 Å². The SMILES string of the molecule is CC(=O)c1cc(-c2cc(C(=O)N3CCCC(C(=O)NC/C4=C(\Cl)C/C=C(/F)CC=N4)CC34CC4)[nH]n2)c(F)cn1. The second-order valence-electron chi connectivity index (χ2n) is 10.4. The fourth-order valence-corrected chi connectivity index (χ4v) is 5.47. The second-order valence-corrected chi connectivity index (χ2v) is 10.9. The highest BCUT2D eigenvalue weighted by Crippen LogP contribution is 2.49. The summed E-state index contributed by atoms with van der Waals surface area (Å²) in [6.07, 6.45) is 7.46. The third-order valence-electron chi connectivity index (χ3n) is 7.66. The molecule has 1 aliphatic carbocycles. The van der Waals surface area contributed by atoms with E-state index in [0.29, 0.717) is 36.5 Å². The van der Waals surface area contributed by atoms with E-state index in [-0.39, 0.29) is 71.4 Å². The minimum Gasteiger partial charge on any atom is -0.350 e. The maximum absolute atomic E-state index is 14.4. The van der Waals surface area contributed by atoms with Crippen LogP contribution in [0.4, 0.5) is 8.78 Å². The van der Waals surface area contributed by atoms with Crippen molar-refractivity contribution in [2.24, 2.45) is 10.9 Å². The van der Waals surface area contributed by atoms with Crippen molar-refractivity contribution in [3.05, 3.63) is 58.2 Å². The number of amides is 2. The van der Waals surface area contributed by atoms with Gasteiger partial charge >= 0.3 is 0 Å². The Hall–Kier alpha value is -3.73. The first-order valence-electron chi connectivity index (χ1n) is 13.2. The number of hydrogen-bond donors (Lipinski definition) is 2. The Balaban J connectivity index is 1.26. The Morgan fingerprint density at radius 3 is 2.77 bits per heavy atom. The summed E-state index contributed by atoms with van der Waals surface area (Å²) >= 11 is 6.27. The lowest BCUT2D eigenvalue weighted by atomic mass is 9.94.